The zero-order valence-electron chi connectivity index (χ0n) is 18.2. The number of benzene rings is 1. The average Bonchev–Trinajstić information content (AvgIpc) is 3.25. The third-order valence-electron chi connectivity index (χ3n) is 5.99. The maximum atomic E-state index is 12.5. The summed E-state index contributed by atoms with van der Waals surface area (Å²) in [5.41, 5.74) is 2.02. The van der Waals surface area contributed by atoms with Crippen LogP contribution < -0.4 is 14.8 Å². The van der Waals surface area contributed by atoms with Crippen molar-refractivity contribution < 1.29 is 19.1 Å². The summed E-state index contributed by atoms with van der Waals surface area (Å²) in [6.45, 7) is 2.67. The van der Waals surface area contributed by atoms with Crippen molar-refractivity contribution in [2.75, 3.05) is 27.4 Å². The third-order valence-corrected chi connectivity index (χ3v) is 5.99. The molecule has 31 heavy (non-hydrogen) atoms. The number of amides is 2. The Morgan fingerprint density at radius 3 is 2.61 bits per heavy atom. The van der Waals surface area contributed by atoms with Crippen LogP contribution in [0.1, 0.15) is 63.8 Å². The summed E-state index contributed by atoms with van der Waals surface area (Å²) in [6.07, 6.45) is 5.48. The maximum Gasteiger partial charge on any atom is 0.256 e. The van der Waals surface area contributed by atoms with Crippen LogP contribution in [0.5, 0.6) is 11.5 Å². The lowest BCUT2D eigenvalue weighted by Gasteiger charge is -2.29. The molecule has 8 nitrogen and oxygen atoms in total. The van der Waals surface area contributed by atoms with Crippen LogP contribution in [0.15, 0.2) is 24.4 Å². The third kappa shape index (κ3) is 4.62. The molecule has 8 heteroatoms. The van der Waals surface area contributed by atoms with Gasteiger partial charge in [0.05, 0.1) is 11.3 Å². The SMILES string of the molecule is Cc1ncc(C(=O)N(C)C)c(C2CCC(CNC(=O)c3ccc4c(c3)OCO4)CC2)n1. The highest BCUT2D eigenvalue weighted by atomic mass is 16.7. The number of hydrogen-bond acceptors (Lipinski definition) is 6. The van der Waals surface area contributed by atoms with Gasteiger partial charge >= 0.3 is 0 Å². The van der Waals surface area contributed by atoms with Crippen LogP contribution in [0.4, 0.5) is 0 Å². The first-order valence-electron chi connectivity index (χ1n) is 10.7. The van der Waals surface area contributed by atoms with Crippen molar-refractivity contribution in [3.63, 3.8) is 0 Å². The van der Waals surface area contributed by atoms with E-state index in [4.69, 9.17) is 9.47 Å². The summed E-state index contributed by atoms with van der Waals surface area (Å²) in [5, 5.41) is 3.05. The molecule has 2 amide bonds. The Morgan fingerprint density at radius 2 is 1.87 bits per heavy atom. The molecule has 1 aromatic carbocycles. The van der Waals surface area contributed by atoms with E-state index >= 15 is 0 Å². The zero-order chi connectivity index (χ0) is 22.0. The van der Waals surface area contributed by atoms with Gasteiger partial charge in [0.1, 0.15) is 5.82 Å². The van der Waals surface area contributed by atoms with Crippen molar-refractivity contribution in [1.82, 2.24) is 20.2 Å². The minimum Gasteiger partial charge on any atom is -0.454 e. The van der Waals surface area contributed by atoms with Gasteiger partial charge in [-0.2, -0.15) is 0 Å². The van der Waals surface area contributed by atoms with E-state index in [1.807, 2.05) is 6.92 Å². The van der Waals surface area contributed by atoms with Crippen molar-refractivity contribution in [2.24, 2.45) is 5.92 Å². The molecule has 2 aliphatic rings. The molecule has 0 unspecified atom stereocenters. The Kier molecular flexibility index (Phi) is 6.06. The summed E-state index contributed by atoms with van der Waals surface area (Å²) in [5.74, 6) is 2.44. The Labute approximate surface area is 182 Å². The zero-order valence-corrected chi connectivity index (χ0v) is 18.2. The summed E-state index contributed by atoms with van der Waals surface area (Å²) in [6, 6.07) is 5.23. The molecule has 1 fully saturated rings. The van der Waals surface area contributed by atoms with Gasteiger partial charge in [0, 0.05) is 38.3 Å². The monoisotopic (exact) mass is 424 g/mol. The molecule has 1 aromatic heterocycles. The molecule has 0 spiro atoms. The maximum absolute atomic E-state index is 12.5. The number of hydrogen-bond donors (Lipinski definition) is 1. The number of carbonyl (C=O) groups is 2. The molecule has 0 atom stereocenters. The number of aryl methyl sites for hydroxylation is 1. The second kappa shape index (κ2) is 8.91. The van der Waals surface area contributed by atoms with Crippen molar-refractivity contribution in [3.05, 3.63) is 47.0 Å². The predicted molar refractivity (Wildman–Crippen MR) is 114 cm³/mol. The summed E-state index contributed by atoms with van der Waals surface area (Å²) < 4.78 is 10.6. The Morgan fingerprint density at radius 1 is 1.13 bits per heavy atom. The molecular weight excluding hydrogens is 396 g/mol. The fourth-order valence-electron chi connectivity index (χ4n) is 4.22. The highest BCUT2D eigenvalue weighted by molar-refractivity contribution is 5.95. The topological polar surface area (TPSA) is 93.7 Å². The fraction of sp³-hybridized carbons (Fsp3) is 0.478. The van der Waals surface area contributed by atoms with Gasteiger partial charge in [-0.25, -0.2) is 9.97 Å². The minimum absolute atomic E-state index is 0.0619. The van der Waals surface area contributed by atoms with E-state index in [-0.39, 0.29) is 24.5 Å². The van der Waals surface area contributed by atoms with Gasteiger partial charge in [-0.1, -0.05) is 0 Å². The molecule has 1 N–H and O–H groups in total. The lowest BCUT2D eigenvalue weighted by molar-refractivity contribution is 0.0823. The molecule has 2 aromatic rings. The first kappa shape index (κ1) is 21.1. The Balaban J connectivity index is 1.34. The molecule has 0 radical (unpaired) electrons. The van der Waals surface area contributed by atoms with Gasteiger partial charge in [-0.05, 0) is 56.7 Å². The number of rotatable bonds is 5. The quantitative estimate of drug-likeness (QED) is 0.793. The molecule has 164 valence electrons. The van der Waals surface area contributed by atoms with E-state index in [1.165, 1.54) is 0 Å². The molecular formula is C23H28N4O4. The van der Waals surface area contributed by atoms with E-state index in [9.17, 15) is 9.59 Å². The van der Waals surface area contributed by atoms with Crippen LogP contribution in [-0.2, 0) is 0 Å². The highest BCUT2D eigenvalue weighted by Gasteiger charge is 2.28. The van der Waals surface area contributed by atoms with Crippen LogP contribution in [0.3, 0.4) is 0 Å². The normalized spacial score (nSPS) is 19.7. The predicted octanol–water partition coefficient (Wildman–Crippen LogP) is 2.92. The van der Waals surface area contributed by atoms with E-state index in [0.717, 1.165) is 31.4 Å². The molecule has 1 saturated carbocycles. The first-order chi connectivity index (χ1) is 14.9. The largest absolute Gasteiger partial charge is 0.454 e. The van der Waals surface area contributed by atoms with Crippen LogP contribution in [0.2, 0.25) is 0 Å². The van der Waals surface area contributed by atoms with Crippen molar-refractivity contribution >= 4 is 11.8 Å². The molecule has 0 saturated heterocycles. The summed E-state index contributed by atoms with van der Waals surface area (Å²) in [7, 11) is 3.48. The van der Waals surface area contributed by atoms with Crippen molar-refractivity contribution in [1.29, 1.82) is 0 Å². The van der Waals surface area contributed by atoms with Crippen molar-refractivity contribution in [2.45, 2.75) is 38.5 Å². The molecule has 0 bridgehead atoms. The minimum atomic E-state index is -0.106. The fourth-order valence-corrected chi connectivity index (χ4v) is 4.22. The van der Waals surface area contributed by atoms with Gasteiger partial charge in [-0.15, -0.1) is 0 Å². The number of ether oxygens (including phenoxy) is 2. The molecule has 2 heterocycles. The smallest absolute Gasteiger partial charge is 0.256 e. The highest BCUT2D eigenvalue weighted by Crippen LogP contribution is 2.36. The number of carbonyl (C=O) groups excluding carboxylic acids is 2. The van der Waals surface area contributed by atoms with Crippen LogP contribution in [0.25, 0.3) is 0 Å². The van der Waals surface area contributed by atoms with Crippen LogP contribution in [-0.4, -0.2) is 54.1 Å². The average molecular weight is 425 g/mol. The van der Waals surface area contributed by atoms with Gasteiger partial charge in [-0.3, -0.25) is 9.59 Å². The van der Waals surface area contributed by atoms with E-state index in [0.29, 0.717) is 40.9 Å². The first-order valence-corrected chi connectivity index (χ1v) is 10.7. The number of nitrogens with one attached hydrogen (secondary N) is 1. The molecule has 1 aliphatic carbocycles. The summed E-state index contributed by atoms with van der Waals surface area (Å²) >= 11 is 0. The second-order valence-corrected chi connectivity index (χ2v) is 8.41. The summed E-state index contributed by atoms with van der Waals surface area (Å²) in [4.78, 5) is 35.5. The van der Waals surface area contributed by atoms with Gasteiger partial charge in [0.25, 0.3) is 11.8 Å². The lowest BCUT2D eigenvalue weighted by Crippen LogP contribution is -2.31. The van der Waals surface area contributed by atoms with E-state index < -0.39 is 0 Å². The van der Waals surface area contributed by atoms with E-state index in [2.05, 4.69) is 15.3 Å². The van der Waals surface area contributed by atoms with Gasteiger partial charge in [0.15, 0.2) is 11.5 Å². The molecule has 4 rings (SSSR count). The number of nitrogens with zero attached hydrogens (tertiary/aromatic N) is 3. The Bertz CT molecular complexity index is 984. The van der Waals surface area contributed by atoms with Crippen LogP contribution in [0, 0.1) is 12.8 Å². The lowest BCUT2D eigenvalue weighted by atomic mass is 9.79. The number of fused-ring (bicyclic) bond motifs is 1. The van der Waals surface area contributed by atoms with E-state index in [1.54, 1.807) is 43.4 Å². The van der Waals surface area contributed by atoms with Crippen molar-refractivity contribution in [3.8, 4) is 11.5 Å². The molecule has 1 aliphatic heterocycles. The Hall–Kier alpha value is -3.16. The second-order valence-electron chi connectivity index (χ2n) is 8.41. The van der Waals surface area contributed by atoms with Gasteiger partial charge < -0.3 is 19.7 Å². The van der Waals surface area contributed by atoms with Gasteiger partial charge in [0.2, 0.25) is 6.79 Å². The number of aromatic nitrogens is 2. The standard InChI is InChI=1S/C23H28N4O4/c1-14-24-12-18(23(29)27(2)3)21(26-14)16-6-4-15(5-7-16)11-25-22(28)17-8-9-19-20(10-17)31-13-30-19/h8-10,12,15-16H,4-7,11,13H2,1-3H3,(H,25,28). The van der Waals surface area contributed by atoms with Crippen LogP contribution >= 0.6 is 0 Å².